The minimum Gasteiger partial charge on any atom is -0.497 e. The molecule has 3 rings (SSSR count). The SMILES string of the molecule is COc1ccc(COc2cc(CO)c(C(=O)O)c(Cl)c2OCc2ccc(OC)cc2)cc1. The zero-order valence-corrected chi connectivity index (χ0v) is 18.4. The molecule has 7 nitrogen and oxygen atoms in total. The molecule has 0 spiro atoms. The van der Waals surface area contributed by atoms with E-state index in [1.54, 1.807) is 38.5 Å². The molecule has 3 aromatic rings. The lowest BCUT2D eigenvalue weighted by Crippen LogP contribution is -2.08. The fraction of sp³-hybridized carbons (Fsp3) is 0.208. The van der Waals surface area contributed by atoms with E-state index in [-0.39, 0.29) is 40.9 Å². The molecule has 32 heavy (non-hydrogen) atoms. The summed E-state index contributed by atoms with van der Waals surface area (Å²) < 4.78 is 22.1. The van der Waals surface area contributed by atoms with Crippen LogP contribution in [0.5, 0.6) is 23.0 Å². The standard InChI is InChI=1S/C24H23ClO7/c1-29-18-7-3-15(4-8-18)13-31-20-11-17(12-26)21(24(27)28)22(25)23(20)32-14-16-5-9-19(30-2)10-6-16/h3-11,26H,12-14H2,1-2H3,(H,27,28). The van der Waals surface area contributed by atoms with Crippen molar-refractivity contribution in [3.63, 3.8) is 0 Å². The molecule has 0 aliphatic rings. The monoisotopic (exact) mass is 458 g/mol. The van der Waals surface area contributed by atoms with E-state index in [1.807, 2.05) is 24.3 Å². The van der Waals surface area contributed by atoms with Crippen molar-refractivity contribution < 1.29 is 34.0 Å². The first-order valence-corrected chi connectivity index (χ1v) is 10.1. The third-order valence-electron chi connectivity index (χ3n) is 4.75. The molecule has 0 unspecified atom stereocenters. The Labute approximate surface area is 190 Å². The van der Waals surface area contributed by atoms with Crippen molar-refractivity contribution in [2.75, 3.05) is 14.2 Å². The van der Waals surface area contributed by atoms with E-state index in [2.05, 4.69) is 0 Å². The number of aliphatic hydroxyl groups excluding tert-OH is 1. The van der Waals surface area contributed by atoms with Gasteiger partial charge >= 0.3 is 5.97 Å². The quantitative estimate of drug-likeness (QED) is 0.454. The van der Waals surface area contributed by atoms with Crippen molar-refractivity contribution in [2.24, 2.45) is 0 Å². The van der Waals surface area contributed by atoms with Gasteiger partial charge in [0.1, 0.15) is 29.7 Å². The van der Waals surface area contributed by atoms with Crippen LogP contribution in [0.15, 0.2) is 54.6 Å². The van der Waals surface area contributed by atoms with E-state index in [0.717, 1.165) is 11.1 Å². The number of carbonyl (C=O) groups is 1. The summed E-state index contributed by atoms with van der Waals surface area (Å²) in [4.78, 5) is 11.7. The van der Waals surface area contributed by atoms with Crippen LogP contribution < -0.4 is 18.9 Å². The molecule has 0 heterocycles. The molecule has 2 N–H and O–H groups in total. The minimum absolute atomic E-state index is 0.0885. The van der Waals surface area contributed by atoms with Gasteiger partial charge in [0.2, 0.25) is 0 Å². The van der Waals surface area contributed by atoms with Gasteiger partial charge in [-0.1, -0.05) is 35.9 Å². The molecule has 0 aliphatic heterocycles. The molecule has 0 atom stereocenters. The van der Waals surface area contributed by atoms with E-state index in [1.165, 1.54) is 6.07 Å². The van der Waals surface area contributed by atoms with Crippen molar-refractivity contribution in [3.8, 4) is 23.0 Å². The highest BCUT2D eigenvalue weighted by Crippen LogP contribution is 2.41. The van der Waals surface area contributed by atoms with Gasteiger partial charge in [-0.05, 0) is 47.0 Å². The number of halogens is 1. The lowest BCUT2D eigenvalue weighted by atomic mass is 10.1. The Bertz CT molecular complexity index is 1060. The zero-order chi connectivity index (χ0) is 23.1. The number of carboxylic acids is 1. The van der Waals surface area contributed by atoms with Crippen molar-refractivity contribution in [3.05, 3.63) is 81.9 Å². The van der Waals surface area contributed by atoms with Crippen LogP contribution in [-0.4, -0.2) is 30.4 Å². The van der Waals surface area contributed by atoms with E-state index in [0.29, 0.717) is 11.5 Å². The first kappa shape index (κ1) is 23.2. The Morgan fingerprint density at radius 1 is 0.875 bits per heavy atom. The van der Waals surface area contributed by atoms with Crippen LogP contribution in [0.2, 0.25) is 5.02 Å². The summed E-state index contributed by atoms with van der Waals surface area (Å²) in [6.45, 7) is -0.213. The first-order chi connectivity index (χ1) is 15.5. The average Bonchev–Trinajstić information content (AvgIpc) is 2.82. The summed E-state index contributed by atoms with van der Waals surface area (Å²) in [5.74, 6) is 0.471. The summed E-state index contributed by atoms with van der Waals surface area (Å²) in [5, 5.41) is 19.1. The van der Waals surface area contributed by atoms with Crippen molar-refractivity contribution >= 4 is 17.6 Å². The first-order valence-electron chi connectivity index (χ1n) is 9.67. The predicted octanol–water partition coefficient (Wildman–Crippen LogP) is 4.71. The van der Waals surface area contributed by atoms with Gasteiger partial charge in [-0.2, -0.15) is 0 Å². The fourth-order valence-electron chi connectivity index (χ4n) is 3.02. The van der Waals surface area contributed by atoms with Crippen LogP contribution in [0.3, 0.4) is 0 Å². The van der Waals surface area contributed by atoms with Crippen LogP contribution in [0.25, 0.3) is 0 Å². The Balaban J connectivity index is 1.89. The highest BCUT2D eigenvalue weighted by atomic mass is 35.5. The molecular weight excluding hydrogens is 436 g/mol. The molecule has 3 aromatic carbocycles. The maximum Gasteiger partial charge on any atom is 0.337 e. The Morgan fingerprint density at radius 3 is 1.81 bits per heavy atom. The van der Waals surface area contributed by atoms with Gasteiger partial charge < -0.3 is 29.2 Å². The molecule has 0 saturated carbocycles. The van der Waals surface area contributed by atoms with Crippen molar-refractivity contribution in [2.45, 2.75) is 19.8 Å². The summed E-state index contributed by atoms with van der Waals surface area (Å²) in [7, 11) is 3.16. The van der Waals surface area contributed by atoms with Gasteiger partial charge in [-0.25, -0.2) is 4.79 Å². The smallest absolute Gasteiger partial charge is 0.337 e. The topological polar surface area (TPSA) is 94.5 Å². The maximum absolute atomic E-state index is 11.7. The van der Waals surface area contributed by atoms with Gasteiger partial charge in [0.05, 0.1) is 26.4 Å². The second-order valence-electron chi connectivity index (χ2n) is 6.79. The summed E-state index contributed by atoms with van der Waals surface area (Å²) in [6.07, 6.45) is 0. The van der Waals surface area contributed by atoms with Crippen LogP contribution >= 0.6 is 11.6 Å². The Kier molecular flexibility index (Phi) is 7.81. The molecular formula is C24H23ClO7. The number of hydrogen-bond donors (Lipinski definition) is 2. The average molecular weight is 459 g/mol. The number of methoxy groups -OCH3 is 2. The molecule has 8 heteroatoms. The second kappa shape index (κ2) is 10.7. The van der Waals surface area contributed by atoms with E-state index in [9.17, 15) is 15.0 Å². The van der Waals surface area contributed by atoms with Gasteiger partial charge in [0.25, 0.3) is 0 Å². The fourth-order valence-corrected chi connectivity index (χ4v) is 3.37. The molecule has 168 valence electrons. The summed E-state index contributed by atoms with van der Waals surface area (Å²) in [6, 6.07) is 16.0. The third-order valence-corrected chi connectivity index (χ3v) is 5.11. The van der Waals surface area contributed by atoms with E-state index >= 15 is 0 Å². The molecule has 0 aromatic heterocycles. The number of carboxylic acid groups (broad SMARTS) is 1. The predicted molar refractivity (Wildman–Crippen MR) is 119 cm³/mol. The highest BCUT2D eigenvalue weighted by molar-refractivity contribution is 6.35. The number of rotatable bonds is 10. The molecule has 0 bridgehead atoms. The maximum atomic E-state index is 11.7. The second-order valence-corrected chi connectivity index (χ2v) is 7.17. The van der Waals surface area contributed by atoms with E-state index < -0.39 is 12.6 Å². The molecule has 0 fully saturated rings. The molecule has 0 aliphatic carbocycles. The number of benzene rings is 3. The third kappa shape index (κ3) is 5.43. The minimum atomic E-state index is -1.27. The number of aliphatic hydroxyl groups is 1. The largest absolute Gasteiger partial charge is 0.497 e. The summed E-state index contributed by atoms with van der Waals surface area (Å²) >= 11 is 6.39. The Hall–Kier alpha value is -3.42. The lowest BCUT2D eigenvalue weighted by Gasteiger charge is -2.18. The van der Waals surface area contributed by atoms with Crippen molar-refractivity contribution in [1.29, 1.82) is 0 Å². The van der Waals surface area contributed by atoms with Crippen LogP contribution in [0.1, 0.15) is 27.0 Å². The number of ether oxygens (including phenoxy) is 4. The number of aromatic carboxylic acids is 1. The van der Waals surface area contributed by atoms with Gasteiger partial charge in [-0.3, -0.25) is 0 Å². The molecule has 0 amide bonds. The van der Waals surface area contributed by atoms with Crippen LogP contribution in [-0.2, 0) is 19.8 Å². The van der Waals surface area contributed by atoms with Crippen LogP contribution in [0, 0.1) is 0 Å². The normalized spacial score (nSPS) is 10.5. The number of hydrogen-bond acceptors (Lipinski definition) is 6. The Morgan fingerprint density at radius 2 is 1.38 bits per heavy atom. The van der Waals surface area contributed by atoms with Crippen LogP contribution in [0.4, 0.5) is 0 Å². The molecule has 0 radical (unpaired) electrons. The molecule has 0 saturated heterocycles. The van der Waals surface area contributed by atoms with E-state index in [4.69, 9.17) is 30.5 Å². The zero-order valence-electron chi connectivity index (χ0n) is 17.6. The van der Waals surface area contributed by atoms with Gasteiger partial charge in [0.15, 0.2) is 11.5 Å². The highest BCUT2D eigenvalue weighted by Gasteiger charge is 2.23. The summed E-state index contributed by atoms with van der Waals surface area (Å²) in [5.41, 5.74) is 1.58. The lowest BCUT2D eigenvalue weighted by molar-refractivity contribution is 0.0692. The van der Waals surface area contributed by atoms with Gasteiger partial charge in [0, 0.05) is 0 Å². The van der Waals surface area contributed by atoms with Gasteiger partial charge in [-0.15, -0.1) is 0 Å². The van der Waals surface area contributed by atoms with Crippen molar-refractivity contribution in [1.82, 2.24) is 0 Å².